The molecule has 7 heteroatoms. The van der Waals surface area contributed by atoms with Crippen LogP contribution in [-0.4, -0.2) is 39.8 Å². The Bertz CT molecular complexity index is 1000. The highest BCUT2D eigenvalue weighted by Crippen LogP contribution is 2.64. The van der Waals surface area contributed by atoms with Crippen molar-refractivity contribution in [3.8, 4) is 23.0 Å². The molecule has 3 aliphatic rings. The summed E-state index contributed by atoms with van der Waals surface area (Å²) in [5, 5.41) is 15.5. The Kier molecular flexibility index (Phi) is 4.39. The zero-order valence-corrected chi connectivity index (χ0v) is 17.7. The summed E-state index contributed by atoms with van der Waals surface area (Å²) in [4.78, 5) is 0. The van der Waals surface area contributed by atoms with Gasteiger partial charge in [0.1, 0.15) is 17.2 Å². The van der Waals surface area contributed by atoms with E-state index in [1.54, 1.807) is 21.3 Å². The largest absolute Gasteiger partial charge is 0.493 e. The molecule has 0 saturated heterocycles. The topological polar surface area (TPSA) is 78.4 Å². The van der Waals surface area contributed by atoms with Gasteiger partial charge in [-0.05, 0) is 47.7 Å². The lowest BCUT2D eigenvalue weighted by atomic mass is 9.68. The van der Waals surface area contributed by atoms with Crippen LogP contribution < -0.4 is 24.3 Å². The molecule has 2 aromatic rings. The first-order valence-electron chi connectivity index (χ1n) is 10.2. The molecule has 30 heavy (non-hydrogen) atoms. The molecule has 2 aliphatic heterocycles. The van der Waals surface area contributed by atoms with Gasteiger partial charge in [-0.15, -0.1) is 0 Å². The molecule has 0 radical (unpaired) electrons. The van der Waals surface area contributed by atoms with E-state index in [4.69, 9.17) is 23.7 Å². The van der Waals surface area contributed by atoms with E-state index in [1.807, 2.05) is 24.3 Å². The fourth-order valence-electron chi connectivity index (χ4n) is 5.75. The maximum atomic E-state index is 11.8. The normalized spacial score (nSPS) is 28.4. The number of rotatable bonds is 4. The van der Waals surface area contributed by atoms with E-state index in [0.29, 0.717) is 30.2 Å². The van der Waals surface area contributed by atoms with E-state index in [9.17, 15) is 5.11 Å². The smallest absolute Gasteiger partial charge is 0.231 e. The van der Waals surface area contributed by atoms with Crippen LogP contribution in [0.15, 0.2) is 24.3 Å². The monoisotopic (exact) mass is 413 g/mol. The number of ether oxygens (including phenoxy) is 5. The quantitative estimate of drug-likeness (QED) is 0.798. The minimum atomic E-state index is -0.910. The van der Waals surface area contributed by atoms with Gasteiger partial charge in [0.15, 0.2) is 23.0 Å². The van der Waals surface area contributed by atoms with Crippen molar-refractivity contribution in [1.29, 1.82) is 0 Å². The molecule has 0 saturated carbocycles. The van der Waals surface area contributed by atoms with Crippen molar-refractivity contribution in [2.75, 3.05) is 34.7 Å². The molecule has 0 unspecified atom stereocenters. The lowest BCUT2D eigenvalue weighted by Gasteiger charge is -2.50. The summed E-state index contributed by atoms with van der Waals surface area (Å²) < 4.78 is 29.0. The number of nitrogens with one attached hydrogen (secondary N) is 1. The Morgan fingerprint density at radius 3 is 2.57 bits per heavy atom. The van der Waals surface area contributed by atoms with Crippen LogP contribution >= 0.6 is 0 Å². The number of methoxy groups -OCH3 is 3. The van der Waals surface area contributed by atoms with Crippen molar-refractivity contribution in [3.05, 3.63) is 46.5 Å². The molecule has 1 aliphatic carbocycles. The molecule has 2 aromatic carbocycles. The molecular weight excluding hydrogens is 386 g/mol. The third-order valence-corrected chi connectivity index (χ3v) is 6.99. The average molecular weight is 413 g/mol. The van der Waals surface area contributed by atoms with E-state index in [2.05, 4.69) is 12.2 Å². The van der Waals surface area contributed by atoms with Gasteiger partial charge in [-0.2, -0.15) is 0 Å². The molecule has 3 atom stereocenters. The summed E-state index contributed by atoms with van der Waals surface area (Å²) in [6.07, 6.45) is 0.574. The first-order valence-corrected chi connectivity index (χ1v) is 10.2. The molecule has 0 fully saturated rings. The molecule has 2 heterocycles. The van der Waals surface area contributed by atoms with Crippen LogP contribution in [-0.2, 0) is 22.3 Å². The molecule has 7 nitrogen and oxygen atoms in total. The second-order valence-electron chi connectivity index (χ2n) is 7.90. The predicted molar refractivity (Wildman–Crippen MR) is 109 cm³/mol. The van der Waals surface area contributed by atoms with Crippen molar-refractivity contribution in [1.82, 2.24) is 5.32 Å². The maximum absolute atomic E-state index is 11.8. The summed E-state index contributed by atoms with van der Waals surface area (Å²) >= 11 is 0. The number of aliphatic hydroxyl groups excluding tert-OH is 1. The molecule has 0 bridgehead atoms. The van der Waals surface area contributed by atoms with Crippen LogP contribution in [0.25, 0.3) is 0 Å². The second-order valence-corrected chi connectivity index (χ2v) is 7.90. The van der Waals surface area contributed by atoms with Crippen LogP contribution in [0.1, 0.15) is 41.7 Å². The Balaban J connectivity index is 1.84. The average Bonchev–Trinajstić information content (AvgIpc) is 3.32. The Morgan fingerprint density at radius 1 is 1.13 bits per heavy atom. The van der Waals surface area contributed by atoms with Gasteiger partial charge in [0.25, 0.3) is 0 Å². The van der Waals surface area contributed by atoms with Gasteiger partial charge in [0.05, 0.1) is 14.2 Å². The van der Waals surface area contributed by atoms with Gasteiger partial charge in [0, 0.05) is 19.2 Å². The second kappa shape index (κ2) is 6.77. The molecule has 0 aromatic heterocycles. The first kappa shape index (κ1) is 19.5. The SMILES string of the molecule is CC[C@@]1(OC)c2c(ccc(OC)c2OC)[C@@H](O)[C@]12NCCc1cc3c(cc12)OCO3. The third kappa shape index (κ3) is 2.15. The van der Waals surface area contributed by atoms with Gasteiger partial charge >= 0.3 is 0 Å². The van der Waals surface area contributed by atoms with Crippen LogP contribution in [0.5, 0.6) is 23.0 Å². The van der Waals surface area contributed by atoms with E-state index in [1.165, 1.54) is 0 Å². The summed E-state index contributed by atoms with van der Waals surface area (Å²) in [5.74, 6) is 2.63. The van der Waals surface area contributed by atoms with Gasteiger partial charge < -0.3 is 34.1 Å². The Hall–Kier alpha value is -2.48. The van der Waals surface area contributed by atoms with Crippen molar-refractivity contribution in [2.24, 2.45) is 0 Å². The molecule has 1 spiro atoms. The number of hydrogen-bond donors (Lipinski definition) is 2. The summed E-state index contributed by atoms with van der Waals surface area (Å²) in [5.41, 5.74) is 1.88. The van der Waals surface area contributed by atoms with E-state index < -0.39 is 17.2 Å². The highest BCUT2D eigenvalue weighted by Gasteiger charge is 2.66. The van der Waals surface area contributed by atoms with Gasteiger partial charge in [-0.25, -0.2) is 0 Å². The highest BCUT2D eigenvalue weighted by atomic mass is 16.7. The number of fused-ring (bicyclic) bond motifs is 4. The first-order chi connectivity index (χ1) is 14.6. The van der Waals surface area contributed by atoms with E-state index in [0.717, 1.165) is 34.4 Å². The van der Waals surface area contributed by atoms with Crippen molar-refractivity contribution in [2.45, 2.75) is 37.0 Å². The summed E-state index contributed by atoms with van der Waals surface area (Å²) in [6.45, 7) is 2.97. The fraction of sp³-hybridized carbons (Fsp3) is 0.478. The summed E-state index contributed by atoms with van der Waals surface area (Å²) in [6, 6.07) is 7.76. The van der Waals surface area contributed by atoms with Gasteiger partial charge in [-0.1, -0.05) is 13.0 Å². The van der Waals surface area contributed by atoms with Crippen molar-refractivity contribution in [3.63, 3.8) is 0 Å². The van der Waals surface area contributed by atoms with Crippen LogP contribution in [0.2, 0.25) is 0 Å². The van der Waals surface area contributed by atoms with E-state index in [-0.39, 0.29) is 6.79 Å². The third-order valence-electron chi connectivity index (χ3n) is 6.99. The number of aliphatic hydroxyl groups is 1. The standard InChI is InChI=1S/C23H27NO6/c1-5-22(28-4)19-14(6-7-16(26-2)20(19)27-3)21(25)23(22)15-11-18-17(29-12-30-18)10-13(15)8-9-24-23/h6-7,10-11,21,24-25H,5,8-9,12H2,1-4H3/t21-,22-,23+/m1/s1. The predicted octanol–water partition coefficient (Wildman–Crippen LogP) is 2.77. The van der Waals surface area contributed by atoms with Gasteiger partial charge in [-0.3, -0.25) is 0 Å². The van der Waals surface area contributed by atoms with Crippen LogP contribution in [0.4, 0.5) is 0 Å². The Labute approximate surface area is 175 Å². The fourth-order valence-corrected chi connectivity index (χ4v) is 5.75. The van der Waals surface area contributed by atoms with Crippen LogP contribution in [0, 0.1) is 0 Å². The Morgan fingerprint density at radius 2 is 1.90 bits per heavy atom. The van der Waals surface area contributed by atoms with Gasteiger partial charge in [0.2, 0.25) is 6.79 Å². The highest BCUT2D eigenvalue weighted by molar-refractivity contribution is 5.64. The van der Waals surface area contributed by atoms with E-state index >= 15 is 0 Å². The zero-order valence-electron chi connectivity index (χ0n) is 17.7. The minimum Gasteiger partial charge on any atom is -0.493 e. The molecule has 5 rings (SSSR count). The number of hydrogen-bond acceptors (Lipinski definition) is 7. The van der Waals surface area contributed by atoms with Crippen molar-refractivity contribution < 1.29 is 28.8 Å². The maximum Gasteiger partial charge on any atom is 0.231 e. The number of benzene rings is 2. The van der Waals surface area contributed by atoms with Crippen molar-refractivity contribution >= 4 is 0 Å². The summed E-state index contributed by atoms with van der Waals surface area (Å²) in [7, 11) is 4.92. The minimum absolute atomic E-state index is 0.204. The molecule has 160 valence electrons. The molecular formula is C23H27NO6. The molecule has 0 amide bonds. The molecule has 2 N–H and O–H groups in total. The zero-order chi connectivity index (χ0) is 21.1. The lowest BCUT2D eigenvalue weighted by molar-refractivity contribution is -0.130. The van der Waals surface area contributed by atoms with Crippen LogP contribution in [0.3, 0.4) is 0 Å². The lowest BCUT2D eigenvalue weighted by Crippen LogP contribution is -2.61.